The van der Waals surface area contributed by atoms with E-state index in [-0.39, 0.29) is 10.8 Å². The standard InChI is InChI=1S/C15H13ClF3NO/c16-11-7-9(5-6-12(11)17)8-13(20)10-3-1-2-4-14(10)21-15(18)19/h1-7,13,15H,8,20H2. The Bertz CT molecular complexity index is 622. The molecule has 0 radical (unpaired) electrons. The number of hydrogen-bond donors (Lipinski definition) is 1. The molecule has 0 bridgehead atoms. The Labute approximate surface area is 125 Å². The third-order valence-corrected chi connectivity index (χ3v) is 3.26. The predicted octanol–water partition coefficient (Wildman–Crippen LogP) is 4.32. The zero-order valence-electron chi connectivity index (χ0n) is 10.9. The fraction of sp³-hybridized carbons (Fsp3) is 0.200. The van der Waals surface area contributed by atoms with Crippen molar-refractivity contribution in [2.24, 2.45) is 5.73 Å². The topological polar surface area (TPSA) is 35.2 Å². The lowest BCUT2D eigenvalue weighted by Crippen LogP contribution is -2.16. The molecule has 0 saturated carbocycles. The number of ether oxygens (including phenoxy) is 1. The number of benzene rings is 2. The van der Waals surface area contributed by atoms with Crippen molar-refractivity contribution in [2.45, 2.75) is 19.1 Å². The Morgan fingerprint density at radius 3 is 2.52 bits per heavy atom. The smallest absolute Gasteiger partial charge is 0.387 e. The quantitative estimate of drug-likeness (QED) is 0.891. The van der Waals surface area contributed by atoms with Crippen molar-refractivity contribution in [1.82, 2.24) is 0 Å². The molecule has 0 aliphatic carbocycles. The molecule has 2 N–H and O–H groups in total. The molecule has 2 nitrogen and oxygen atoms in total. The minimum Gasteiger partial charge on any atom is -0.434 e. The number of para-hydroxylation sites is 1. The average molecular weight is 316 g/mol. The summed E-state index contributed by atoms with van der Waals surface area (Å²) in [6.45, 7) is -2.92. The largest absolute Gasteiger partial charge is 0.434 e. The minimum absolute atomic E-state index is 0.00295. The van der Waals surface area contributed by atoms with Gasteiger partial charge in [0, 0.05) is 11.6 Å². The summed E-state index contributed by atoms with van der Waals surface area (Å²) in [5.74, 6) is -0.483. The van der Waals surface area contributed by atoms with Gasteiger partial charge in [-0.15, -0.1) is 0 Å². The Hall–Kier alpha value is -1.72. The molecular weight excluding hydrogens is 303 g/mol. The van der Waals surface area contributed by atoms with Gasteiger partial charge in [-0.25, -0.2) is 4.39 Å². The molecule has 2 aromatic rings. The summed E-state index contributed by atoms with van der Waals surface area (Å²) in [7, 11) is 0. The van der Waals surface area contributed by atoms with Gasteiger partial charge in [-0.05, 0) is 30.2 Å². The van der Waals surface area contributed by atoms with E-state index in [1.165, 1.54) is 18.2 Å². The summed E-state index contributed by atoms with van der Waals surface area (Å²) < 4.78 is 42.3. The van der Waals surface area contributed by atoms with E-state index < -0.39 is 18.5 Å². The Balaban J connectivity index is 2.19. The van der Waals surface area contributed by atoms with Crippen LogP contribution in [0.25, 0.3) is 0 Å². The summed E-state index contributed by atoms with van der Waals surface area (Å²) in [6, 6.07) is 10.0. The van der Waals surface area contributed by atoms with Crippen molar-refractivity contribution in [3.8, 4) is 5.75 Å². The van der Waals surface area contributed by atoms with E-state index in [0.29, 0.717) is 17.5 Å². The maximum Gasteiger partial charge on any atom is 0.387 e. The zero-order chi connectivity index (χ0) is 15.4. The molecule has 21 heavy (non-hydrogen) atoms. The molecule has 0 heterocycles. The minimum atomic E-state index is -2.92. The van der Waals surface area contributed by atoms with Crippen LogP contribution < -0.4 is 10.5 Å². The molecule has 1 atom stereocenters. The van der Waals surface area contributed by atoms with Crippen molar-refractivity contribution < 1.29 is 17.9 Å². The maximum atomic E-state index is 13.1. The molecule has 0 aliphatic rings. The summed E-state index contributed by atoms with van der Waals surface area (Å²) in [4.78, 5) is 0. The van der Waals surface area contributed by atoms with Crippen LogP contribution >= 0.6 is 11.6 Å². The fourth-order valence-electron chi connectivity index (χ4n) is 2.02. The first-order chi connectivity index (χ1) is 9.97. The predicted molar refractivity (Wildman–Crippen MR) is 75.1 cm³/mol. The van der Waals surface area contributed by atoms with Gasteiger partial charge in [-0.1, -0.05) is 35.9 Å². The van der Waals surface area contributed by atoms with Gasteiger partial charge in [0.05, 0.1) is 5.02 Å². The maximum absolute atomic E-state index is 13.1. The van der Waals surface area contributed by atoms with Gasteiger partial charge < -0.3 is 10.5 Å². The molecular formula is C15H13ClF3NO. The third kappa shape index (κ3) is 4.12. The van der Waals surface area contributed by atoms with E-state index in [9.17, 15) is 13.2 Å². The highest BCUT2D eigenvalue weighted by Gasteiger charge is 2.15. The molecule has 0 spiro atoms. The molecule has 0 aliphatic heterocycles. The van der Waals surface area contributed by atoms with Crippen LogP contribution in [0.5, 0.6) is 5.75 Å². The highest BCUT2D eigenvalue weighted by atomic mass is 35.5. The zero-order valence-corrected chi connectivity index (χ0v) is 11.7. The van der Waals surface area contributed by atoms with Gasteiger partial charge >= 0.3 is 6.61 Å². The molecule has 6 heteroatoms. The van der Waals surface area contributed by atoms with Crippen molar-refractivity contribution in [3.63, 3.8) is 0 Å². The molecule has 2 rings (SSSR count). The van der Waals surface area contributed by atoms with Crippen molar-refractivity contribution in [2.75, 3.05) is 0 Å². The number of halogens is 4. The normalized spacial score (nSPS) is 12.5. The van der Waals surface area contributed by atoms with Crippen LogP contribution in [-0.4, -0.2) is 6.61 Å². The van der Waals surface area contributed by atoms with Crippen LogP contribution in [0.4, 0.5) is 13.2 Å². The van der Waals surface area contributed by atoms with Crippen molar-refractivity contribution in [1.29, 1.82) is 0 Å². The van der Waals surface area contributed by atoms with Gasteiger partial charge in [0.15, 0.2) is 0 Å². The van der Waals surface area contributed by atoms with Crippen molar-refractivity contribution in [3.05, 3.63) is 64.4 Å². The van der Waals surface area contributed by atoms with Crippen LogP contribution in [-0.2, 0) is 6.42 Å². The van der Waals surface area contributed by atoms with E-state index in [0.717, 1.165) is 0 Å². The van der Waals surface area contributed by atoms with Gasteiger partial charge in [-0.3, -0.25) is 0 Å². The Morgan fingerprint density at radius 1 is 1.14 bits per heavy atom. The van der Waals surface area contributed by atoms with Crippen LogP contribution in [0, 0.1) is 5.82 Å². The summed E-state index contributed by atoms with van der Waals surface area (Å²) in [6.07, 6.45) is 0.323. The van der Waals surface area contributed by atoms with Crippen LogP contribution in [0.2, 0.25) is 5.02 Å². The van der Waals surface area contributed by atoms with Gasteiger partial charge in [0.25, 0.3) is 0 Å². The highest BCUT2D eigenvalue weighted by Crippen LogP contribution is 2.28. The van der Waals surface area contributed by atoms with Crippen LogP contribution in [0.1, 0.15) is 17.2 Å². The lowest BCUT2D eigenvalue weighted by molar-refractivity contribution is -0.0506. The van der Waals surface area contributed by atoms with E-state index in [4.69, 9.17) is 17.3 Å². The number of hydrogen-bond acceptors (Lipinski definition) is 2. The second-order valence-electron chi connectivity index (χ2n) is 4.48. The summed E-state index contributed by atoms with van der Waals surface area (Å²) in [5.41, 5.74) is 7.20. The summed E-state index contributed by atoms with van der Waals surface area (Å²) >= 11 is 5.70. The SMILES string of the molecule is NC(Cc1ccc(F)c(Cl)c1)c1ccccc1OC(F)F. The molecule has 0 amide bonds. The molecule has 0 aromatic heterocycles. The third-order valence-electron chi connectivity index (χ3n) is 2.97. The van der Waals surface area contributed by atoms with Gasteiger partial charge in [-0.2, -0.15) is 8.78 Å². The van der Waals surface area contributed by atoms with E-state index in [1.807, 2.05) is 0 Å². The van der Waals surface area contributed by atoms with Crippen molar-refractivity contribution >= 4 is 11.6 Å². The molecule has 112 valence electrons. The number of alkyl halides is 2. The van der Waals surface area contributed by atoms with Crippen LogP contribution in [0.3, 0.4) is 0 Å². The lowest BCUT2D eigenvalue weighted by atomic mass is 9.99. The highest BCUT2D eigenvalue weighted by molar-refractivity contribution is 6.30. The summed E-state index contributed by atoms with van der Waals surface area (Å²) in [5, 5.41) is -0.00295. The van der Waals surface area contributed by atoms with E-state index in [1.54, 1.807) is 24.3 Å². The molecule has 0 fully saturated rings. The Kier molecular flexibility index (Phi) is 5.09. The first-order valence-corrected chi connectivity index (χ1v) is 6.58. The van der Waals surface area contributed by atoms with Gasteiger partial charge in [0.1, 0.15) is 11.6 Å². The first kappa shape index (κ1) is 15.7. The molecule has 0 saturated heterocycles. The van der Waals surface area contributed by atoms with E-state index >= 15 is 0 Å². The first-order valence-electron chi connectivity index (χ1n) is 6.20. The fourth-order valence-corrected chi connectivity index (χ4v) is 2.22. The monoisotopic (exact) mass is 315 g/mol. The number of nitrogens with two attached hydrogens (primary N) is 1. The average Bonchev–Trinajstić information content (AvgIpc) is 2.43. The van der Waals surface area contributed by atoms with Crippen LogP contribution in [0.15, 0.2) is 42.5 Å². The van der Waals surface area contributed by atoms with Gasteiger partial charge in [0.2, 0.25) is 0 Å². The molecule has 2 aromatic carbocycles. The second-order valence-corrected chi connectivity index (χ2v) is 4.88. The Morgan fingerprint density at radius 2 is 1.86 bits per heavy atom. The molecule has 1 unspecified atom stereocenters. The lowest BCUT2D eigenvalue weighted by Gasteiger charge is -2.17. The number of rotatable bonds is 5. The second kappa shape index (κ2) is 6.83. The van der Waals surface area contributed by atoms with E-state index in [2.05, 4.69) is 4.74 Å².